The second-order valence-electron chi connectivity index (χ2n) is 25.7. The Labute approximate surface area is 538 Å². The third-order valence-electron chi connectivity index (χ3n) is 16.0. The number of amides is 1. The number of hydrogen-bond donors (Lipinski definition) is 1. The number of carbonyl (C=O) groups is 2. The van der Waals surface area contributed by atoms with Crippen LogP contribution in [0.2, 0.25) is 0 Å². The average molecular weight is 1240 g/mol. The minimum atomic E-state index is -4.72. The molecule has 1 amide bonds. The van der Waals surface area contributed by atoms with Gasteiger partial charge < -0.3 is 28.5 Å². The number of allylic oxidation sites excluding steroid dienone is 15. The summed E-state index contributed by atoms with van der Waals surface area (Å²) >= 11 is 0. The number of phosphoric ester groups is 1. The second kappa shape index (κ2) is 65.9. The molecule has 1 N–H and O–H groups in total. The number of hydrogen-bond acceptors (Lipinski definition) is 7. The summed E-state index contributed by atoms with van der Waals surface area (Å²) in [5.41, 5.74) is 0. The predicted molar refractivity (Wildman–Crippen MR) is 376 cm³/mol. The summed E-state index contributed by atoms with van der Waals surface area (Å²) in [6, 6.07) is -0.902. The Morgan fingerprint density at radius 3 is 1.13 bits per heavy atom. The van der Waals surface area contributed by atoms with Crippen molar-refractivity contribution < 1.29 is 37.3 Å². The molecule has 0 radical (unpaired) electrons. The summed E-state index contributed by atoms with van der Waals surface area (Å²) < 4.78 is 30.5. The first-order valence-corrected chi connectivity index (χ1v) is 38.0. The smallest absolute Gasteiger partial charge is 0.306 e. The van der Waals surface area contributed by atoms with E-state index in [0.717, 1.165) is 109 Å². The molecule has 0 aromatic rings. The molecule has 0 aromatic carbocycles. The Morgan fingerprint density at radius 2 is 0.736 bits per heavy atom. The molecule has 9 nitrogen and oxygen atoms in total. The van der Waals surface area contributed by atoms with Gasteiger partial charge in [-0.25, -0.2) is 0 Å². The van der Waals surface area contributed by atoms with Crippen LogP contribution in [-0.4, -0.2) is 69.4 Å². The summed E-state index contributed by atoms with van der Waals surface area (Å²) in [7, 11) is 1.17. The Balaban J connectivity index is 5.07. The van der Waals surface area contributed by atoms with Gasteiger partial charge in [0.15, 0.2) is 0 Å². The zero-order valence-electron chi connectivity index (χ0n) is 57.7. The van der Waals surface area contributed by atoms with E-state index in [1.54, 1.807) is 0 Å². The number of rotatable bonds is 66. The lowest BCUT2D eigenvalue weighted by Gasteiger charge is -2.30. The Morgan fingerprint density at radius 1 is 0.414 bits per heavy atom. The van der Waals surface area contributed by atoms with Crippen LogP contribution in [0.4, 0.5) is 0 Å². The molecule has 10 heteroatoms. The molecule has 3 unspecified atom stereocenters. The van der Waals surface area contributed by atoms with Crippen molar-refractivity contribution in [2.24, 2.45) is 0 Å². The maximum atomic E-state index is 13.6. The monoisotopic (exact) mass is 1240 g/mol. The summed E-state index contributed by atoms with van der Waals surface area (Å²) in [4.78, 5) is 40.2. The van der Waals surface area contributed by atoms with Crippen molar-refractivity contribution in [1.82, 2.24) is 5.32 Å². The predicted octanol–water partition coefficient (Wildman–Crippen LogP) is 22.8. The third kappa shape index (κ3) is 67.2. The lowest BCUT2D eigenvalue weighted by Crippen LogP contribution is -2.47. The molecular formula is C77H139N2O7P. The lowest BCUT2D eigenvalue weighted by atomic mass is 10.0. The number of nitrogens with one attached hydrogen (secondary N) is 1. The minimum Gasteiger partial charge on any atom is -0.756 e. The molecule has 0 bridgehead atoms. The van der Waals surface area contributed by atoms with E-state index in [1.165, 1.54) is 180 Å². The molecule has 87 heavy (non-hydrogen) atoms. The molecule has 0 aliphatic rings. The van der Waals surface area contributed by atoms with Gasteiger partial charge in [-0.3, -0.25) is 14.2 Å². The van der Waals surface area contributed by atoms with Crippen molar-refractivity contribution in [2.75, 3.05) is 40.9 Å². The van der Waals surface area contributed by atoms with Gasteiger partial charge in [0.05, 0.1) is 33.8 Å². The number of nitrogens with zero attached hydrogens (tertiary/aromatic N) is 1. The summed E-state index contributed by atoms with van der Waals surface area (Å²) in [6.45, 7) is 6.72. The number of ether oxygens (including phenoxy) is 1. The number of carbonyl (C=O) groups excluding carboxylic acids is 2. The highest BCUT2D eigenvalue weighted by atomic mass is 31.2. The Bertz CT molecular complexity index is 1810. The van der Waals surface area contributed by atoms with Crippen molar-refractivity contribution in [2.45, 2.75) is 341 Å². The second-order valence-corrected chi connectivity index (χ2v) is 27.1. The fourth-order valence-electron chi connectivity index (χ4n) is 10.4. The summed E-state index contributed by atoms with van der Waals surface area (Å²) in [5, 5.41) is 3.04. The highest BCUT2D eigenvalue weighted by Crippen LogP contribution is 2.38. The van der Waals surface area contributed by atoms with E-state index in [-0.39, 0.29) is 24.9 Å². The maximum absolute atomic E-state index is 13.6. The van der Waals surface area contributed by atoms with Crippen molar-refractivity contribution >= 4 is 19.7 Å². The summed E-state index contributed by atoms with van der Waals surface area (Å²) in [5.74, 6) is -0.556. The van der Waals surface area contributed by atoms with Crippen LogP contribution in [0, 0.1) is 0 Å². The van der Waals surface area contributed by atoms with Crippen LogP contribution in [-0.2, 0) is 27.9 Å². The quantitative estimate of drug-likeness (QED) is 0.0212. The minimum absolute atomic E-state index is 0.0284. The molecule has 0 spiro atoms. The van der Waals surface area contributed by atoms with E-state index < -0.39 is 26.6 Å². The number of phosphoric acid groups is 1. The zero-order chi connectivity index (χ0) is 63.5. The molecule has 0 aliphatic heterocycles. The van der Waals surface area contributed by atoms with Gasteiger partial charge in [-0.05, 0) is 109 Å². The van der Waals surface area contributed by atoms with Gasteiger partial charge in [0.25, 0.3) is 7.82 Å². The van der Waals surface area contributed by atoms with E-state index in [1.807, 2.05) is 33.3 Å². The molecule has 0 aliphatic carbocycles. The first-order valence-electron chi connectivity index (χ1n) is 36.5. The number of esters is 1. The largest absolute Gasteiger partial charge is 0.756 e. The van der Waals surface area contributed by atoms with E-state index in [2.05, 4.69) is 111 Å². The molecule has 504 valence electrons. The SMILES string of the molecule is CC/C=C\C/C=C\C/C=C\C/C=C\C/C=C\CCCCCCCC(=O)OC(/C=C\CCCCCCCCCCCCC)C(COP(=O)([O-])OCC[N+](C)(C)C)NC(=O)CCCCCCCCCCCCCCCCCCC/C=C\C/C=C\CCCCC. The molecule has 0 aromatic heterocycles. The number of likely N-dealkylation sites (N-methyl/N-ethyl adjacent to an activating group) is 1. The first kappa shape index (κ1) is 83.9. The van der Waals surface area contributed by atoms with Crippen molar-refractivity contribution in [3.63, 3.8) is 0 Å². The van der Waals surface area contributed by atoms with E-state index >= 15 is 0 Å². The number of unbranched alkanes of at least 4 members (excludes halogenated alkanes) is 36. The van der Waals surface area contributed by atoms with Crippen molar-refractivity contribution in [1.29, 1.82) is 0 Å². The molecule has 0 saturated heterocycles. The van der Waals surface area contributed by atoms with Crippen molar-refractivity contribution in [3.8, 4) is 0 Å². The standard InChI is InChI=1S/C77H139N2O7P/c1-7-10-13-16-19-22-25-28-30-32-34-36-37-38-39-40-41-43-44-46-48-51-54-57-60-63-66-69-76(80)78-74(73-85-87(82,83)84-72-71-79(4,5)6)75(68-65-62-59-56-53-50-27-24-21-18-15-12-9-3)86-77(81)70-67-64-61-58-55-52-49-47-45-42-35-33-31-29-26-23-20-17-14-11-8-2/h11,14,19-20,22-23,28-31,35,42,47,49,65,68,74-75H,7-10,12-13,15-18,21,24-27,32-34,36-41,43-46,48,50-64,66-67,69-73H2,1-6H3,(H-,78,80,82,83)/b14-11-,22-19-,23-20-,30-28-,31-29-,42-35-,49-47-,68-65-. The van der Waals surface area contributed by atoms with E-state index in [9.17, 15) is 19.0 Å². The Hall–Kier alpha value is -3.07. The molecule has 0 rings (SSSR count). The maximum Gasteiger partial charge on any atom is 0.306 e. The van der Waals surface area contributed by atoms with E-state index in [4.69, 9.17) is 13.8 Å². The molecule has 0 heterocycles. The van der Waals surface area contributed by atoms with Gasteiger partial charge in [-0.2, -0.15) is 0 Å². The number of quaternary nitrogens is 1. The van der Waals surface area contributed by atoms with Crippen LogP contribution in [0.15, 0.2) is 97.2 Å². The van der Waals surface area contributed by atoms with Gasteiger partial charge in [0, 0.05) is 12.8 Å². The van der Waals surface area contributed by atoms with Crippen LogP contribution in [0.1, 0.15) is 329 Å². The molecule has 0 fully saturated rings. The van der Waals surface area contributed by atoms with Gasteiger partial charge in [0.1, 0.15) is 19.3 Å². The van der Waals surface area contributed by atoms with Gasteiger partial charge >= 0.3 is 5.97 Å². The van der Waals surface area contributed by atoms with Crippen LogP contribution in [0.25, 0.3) is 0 Å². The third-order valence-corrected chi connectivity index (χ3v) is 17.0. The van der Waals surface area contributed by atoms with Crippen LogP contribution in [0.3, 0.4) is 0 Å². The zero-order valence-corrected chi connectivity index (χ0v) is 58.6. The highest BCUT2D eigenvalue weighted by molar-refractivity contribution is 7.45. The van der Waals surface area contributed by atoms with Crippen molar-refractivity contribution in [3.05, 3.63) is 97.2 Å². The molecular weight excluding hydrogens is 1100 g/mol. The van der Waals surface area contributed by atoms with Gasteiger partial charge in [-0.1, -0.05) is 305 Å². The molecule has 3 atom stereocenters. The lowest BCUT2D eigenvalue weighted by molar-refractivity contribution is -0.870. The van der Waals surface area contributed by atoms with Crippen LogP contribution >= 0.6 is 7.82 Å². The van der Waals surface area contributed by atoms with Gasteiger partial charge in [0.2, 0.25) is 5.91 Å². The summed E-state index contributed by atoms with van der Waals surface area (Å²) in [6.07, 6.45) is 89.6. The Kier molecular flexibility index (Phi) is 63.5. The average Bonchev–Trinajstić information content (AvgIpc) is 3.70. The highest BCUT2D eigenvalue weighted by Gasteiger charge is 2.27. The normalized spacial score (nSPS) is 14.1. The first-order chi connectivity index (χ1) is 42.4. The van der Waals surface area contributed by atoms with Gasteiger partial charge in [-0.15, -0.1) is 0 Å². The van der Waals surface area contributed by atoms with E-state index in [0.29, 0.717) is 23.9 Å². The van der Waals surface area contributed by atoms with Crippen LogP contribution < -0.4 is 10.2 Å². The fraction of sp³-hybridized carbons (Fsp3) is 0.766. The topological polar surface area (TPSA) is 114 Å². The van der Waals surface area contributed by atoms with Crippen LogP contribution in [0.5, 0.6) is 0 Å². The molecule has 0 saturated carbocycles. The fourth-order valence-corrected chi connectivity index (χ4v) is 11.1.